The van der Waals surface area contributed by atoms with Gasteiger partial charge in [0.25, 0.3) is 5.91 Å². The maximum Gasteiger partial charge on any atom is 0.259 e. The van der Waals surface area contributed by atoms with Crippen LogP contribution in [0.15, 0.2) is 66.7 Å². The summed E-state index contributed by atoms with van der Waals surface area (Å²) in [6.45, 7) is 0.735. The predicted octanol–water partition coefficient (Wildman–Crippen LogP) is 5.18. The Kier molecular flexibility index (Phi) is 6.84. The Morgan fingerprint density at radius 3 is 2.31 bits per heavy atom. The van der Waals surface area contributed by atoms with E-state index in [2.05, 4.69) is 5.32 Å². The molecule has 3 aromatic carbocycles. The Bertz CT molecular complexity index is 1260. The highest BCUT2D eigenvalue weighted by atomic mass is 19.1. The van der Waals surface area contributed by atoms with E-state index in [1.807, 2.05) is 0 Å². The highest BCUT2D eigenvalue weighted by Gasteiger charge is 2.36. The molecule has 1 fully saturated rings. The lowest BCUT2D eigenvalue weighted by molar-refractivity contribution is -0.123. The molecule has 0 aromatic heterocycles. The first-order valence-corrected chi connectivity index (χ1v) is 12.0. The molecule has 1 aliphatic carbocycles. The molecule has 2 amide bonds. The molecule has 1 heterocycles. The molecule has 1 N–H and O–H groups in total. The Labute approximate surface area is 207 Å². The van der Waals surface area contributed by atoms with Crippen molar-refractivity contribution in [3.8, 4) is 11.5 Å². The van der Waals surface area contributed by atoms with Crippen LogP contribution in [0.3, 0.4) is 0 Å². The number of amides is 2. The number of halogens is 2. The number of fused-ring (bicyclic) bond motifs is 1. The third-order valence-corrected chi connectivity index (χ3v) is 6.51. The minimum atomic E-state index is -1.23. The lowest BCUT2D eigenvalue weighted by Gasteiger charge is -2.33. The number of nitrogens with zero attached hydrogens (tertiary/aromatic N) is 1. The summed E-state index contributed by atoms with van der Waals surface area (Å²) in [4.78, 5) is 28.9. The second kappa shape index (κ2) is 10.4. The van der Waals surface area contributed by atoms with Crippen LogP contribution in [0.5, 0.6) is 11.5 Å². The normalized spacial score (nSPS) is 15.8. The molecule has 1 saturated carbocycles. The molecule has 3 aromatic rings. The fourth-order valence-electron chi connectivity index (χ4n) is 4.74. The van der Waals surface area contributed by atoms with Crippen molar-refractivity contribution in [2.45, 2.75) is 37.8 Å². The summed E-state index contributed by atoms with van der Waals surface area (Å²) in [5.41, 5.74) is 0.498. The van der Waals surface area contributed by atoms with Crippen molar-refractivity contribution in [3.05, 3.63) is 89.5 Å². The van der Waals surface area contributed by atoms with Gasteiger partial charge >= 0.3 is 0 Å². The predicted molar refractivity (Wildman–Crippen MR) is 130 cm³/mol. The van der Waals surface area contributed by atoms with Gasteiger partial charge in [0.15, 0.2) is 11.5 Å². The van der Waals surface area contributed by atoms with Crippen molar-refractivity contribution in [2.24, 2.45) is 0 Å². The Morgan fingerprint density at radius 2 is 1.58 bits per heavy atom. The number of carbonyl (C=O) groups excluding carboxylic acids is 2. The molecule has 8 heteroatoms. The molecule has 0 radical (unpaired) electrons. The Hall–Kier alpha value is -3.94. The zero-order valence-electron chi connectivity index (χ0n) is 19.6. The van der Waals surface area contributed by atoms with Crippen molar-refractivity contribution < 1.29 is 27.8 Å². The number of hydrogen-bond acceptors (Lipinski definition) is 4. The lowest BCUT2D eigenvalue weighted by Crippen LogP contribution is -2.46. The van der Waals surface area contributed by atoms with Gasteiger partial charge in [0.1, 0.15) is 30.9 Å². The van der Waals surface area contributed by atoms with Gasteiger partial charge in [-0.25, -0.2) is 8.78 Å². The van der Waals surface area contributed by atoms with Crippen LogP contribution in [0.25, 0.3) is 0 Å². The average molecular weight is 493 g/mol. The van der Waals surface area contributed by atoms with Crippen LogP contribution in [0, 0.1) is 11.6 Å². The third-order valence-electron chi connectivity index (χ3n) is 6.51. The largest absolute Gasteiger partial charge is 0.486 e. The molecule has 186 valence electrons. The molecule has 0 spiro atoms. The van der Waals surface area contributed by atoms with Crippen molar-refractivity contribution in [3.63, 3.8) is 0 Å². The molecule has 36 heavy (non-hydrogen) atoms. The monoisotopic (exact) mass is 492 g/mol. The Morgan fingerprint density at radius 1 is 0.889 bits per heavy atom. The second-order valence-electron chi connectivity index (χ2n) is 8.93. The maximum atomic E-state index is 15.2. The second-order valence-corrected chi connectivity index (χ2v) is 8.93. The minimum Gasteiger partial charge on any atom is -0.486 e. The highest BCUT2D eigenvalue weighted by molar-refractivity contribution is 6.10. The van der Waals surface area contributed by atoms with Gasteiger partial charge in [0.05, 0.1) is 5.69 Å². The van der Waals surface area contributed by atoms with Crippen LogP contribution in [-0.2, 0) is 4.79 Å². The van der Waals surface area contributed by atoms with Crippen LogP contribution in [-0.4, -0.2) is 31.1 Å². The van der Waals surface area contributed by atoms with E-state index in [0.717, 1.165) is 30.6 Å². The summed E-state index contributed by atoms with van der Waals surface area (Å²) in [7, 11) is 0. The van der Waals surface area contributed by atoms with Gasteiger partial charge < -0.3 is 14.8 Å². The number of para-hydroxylation sites is 1. The molecular weight excluding hydrogens is 466 g/mol. The SMILES string of the molecule is O=C(NC1CCCC1)[C@@H](c1ccc(F)cc1)N(C(=O)c1ccc2c(c1)OCCO2)c1ccccc1F. The summed E-state index contributed by atoms with van der Waals surface area (Å²) in [6, 6.07) is 14.6. The number of carbonyl (C=O) groups is 2. The van der Waals surface area contributed by atoms with Crippen LogP contribution < -0.4 is 19.7 Å². The summed E-state index contributed by atoms with van der Waals surface area (Å²) in [6.07, 6.45) is 3.66. The van der Waals surface area contributed by atoms with Crippen molar-refractivity contribution in [2.75, 3.05) is 18.1 Å². The third kappa shape index (κ3) is 4.89. The number of hydrogen-bond donors (Lipinski definition) is 1. The van der Waals surface area contributed by atoms with E-state index in [0.29, 0.717) is 30.3 Å². The fourth-order valence-corrected chi connectivity index (χ4v) is 4.74. The summed E-state index contributed by atoms with van der Waals surface area (Å²) >= 11 is 0. The Balaban J connectivity index is 1.61. The van der Waals surface area contributed by atoms with E-state index < -0.39 is 29.5 Å². The lowest BCUT2D eigenvalue weighted by atomic mass is 10.0. The first-order valence-electron chi connectivity index (χ1n) is 12.0. The van der Waals surface area contributed by atoms with Gasteiger partial charge in [-0.1, -0.05) is 37.1 Å². The van der Waals surface area contributed by atoms with Gasteiger partial charge in [-0.3, -0.25) is 14.5 Å². The minimum absolute atomic E-state index is 0.0349. The maximum absolute atomic E-state index is 15.2. The zero-order valence-corrected chi connectivity index (χ0v) is 19.6. The van der Waals surface area contributed by atoms with Gasteiger partial charge in [-0.15, -0.1) is 0 Å². The highest BCUT2D eigenvalue weighted by Crippen LogP contribution is 2.35. The van der Waals surface area contributed by atoms with Gasteiger partial charge in [0.2, 0.25) is 5.91 Å². The van der Waals surface area contributed by atoms with Crippen LogP contribution in [0.4, 0.5) is 14.5 Å². The van der Waals surface area contributed by atoms with Crippen LogP contribution in [0.2, 0.25) is 0 Å². The molecule has 0 unspecified atom stereocenters. The first kappa shape index (κ1) is 23.8. The summed E-state index contributed by atoms with van der Waals surface area (Å²) < 4.78 is 40.1. The topological polar surface area (TPSA) is 67.9 Å². The zero-order chi connectivity index (χ0) is 25.1. The van der Waals surface area contributed by atoms with E-state index in [-0.39, 0.29) is 17.3 Å². The van der Waals surface area contributed by atoms with E-state index in [1.54, 1.807) is 18.2 Å². The first-order chi connectivity index (χ1) is 17.5. The summed E-state index contributed by atoms with van der Waals surface area (Å²) in [5, 5.41) is 3.02. The van der Waals surface area contributed by atoms with Gasteiger partial charge in [-0.2, -0.15) is 0 Å². The fraction of sp³-hybridized carbons (Fsp3) is 0.286. The summed E-state index contributed by atoms with van der Waals surface area (Å²) in [5.74, 6) is -1.30. The molecule has 1 aliphatic heterocycles. The van der Waals surface area contributed by atoms with Crippen LogP contribution in [0.1, 0.15) is 47.6 Å². The van der Waals surface area contributed by atoms with Crippen molar-refractivity contribution >= 4 is 17.5 Å². The van der Waals surface area contributed by atoms with Crippen LogP contribution >= 0.6 is 0 Å². The number of nitrogens with one attached hydrogen (secondary N) is 1. The molecular formula is C28H26F2N2O4. The van der Waals surface area contributed by atoms with E-state index >= 15 is 4.39 Å². The van der Waals surface area contributed by atoms with Gasteiger partial charge in [-0.05, 0) is 60.9 Å². The number of ether oxygens (including phenoxy) is 2. The number of rotatable bonds is 6. The van der Waals surface area contributed by atoms with Crippen molar-refractivity contribution in [1.82, 2.24) is 5.32 Å². The quantitative estimate of drug-likeness (QED) is 0.515. The van der Waals surface area contributed by atoms with E-state index in [4.69, 9.17) is 9.47 Å². The van der Waals surface area contributed by atoms with E-state index in [9.17, 15) is 14.0 Å². The average Bonchev–Trinajstić information content (AvgIpc) is 3.41. The smallest absolute Gasteiger partial charge is 0.259 e. The molecule has 5 rings (SSSR count). The molecule has 0 bridgehead atoms. The molecule has 0 saturated heterocycles. The number of anilines is 1. The molecule has 2 aliphatic rings. The van der Waals surface area contributed by atoms with E-state index in [1.165, 1.54) is 48.5 Å². The molecule has 1 atom stereocenters. The number of benzene rings is 3. The molecule has 6 nitrogen and oxygen atoms in total. The van der Waals surface area contributed by atoms with Crippen molar-refractivity contribution in [1.29, 1.82) is 0 Å². The standard InChI is InChI=1S/C28H26F2N2O4/c29-20-12-9-18(10-13-20)26(27(33)31-21-5-1-2-6-21)32(23-8-4-3-7-22(23)30)28(34)19-11-14-24-25(17-19)36-16-15-35-24/h3-4,7-14,17,21,26H,1-2,5-6,15-16H2,(H,31,33)/t26-/m1/s1. The van der Waals surface area contributed by atoms with Gasteiger partial charge in [0, 0.05) is 11.6 Å².